The normalized spacial score (nSPS) is 10.5. The van der Waals surface area contributed by atoms with Crippen molar-refractivity contribution in [2.45, 2.75) is 6.92 Å². The second-order valence-electron chi connectivity index (χ2n) is 3.08. The summed E-state index contributed by atoms with van der Waals surface area (Å²) in [6.45, 7) is 1.82. The molecule has 0 atom stereocenters. The molecule has 15 heavy (non-hydrogen) atoms. The quantitative estimate of drug-likeness (QED) is 0.486. The van der Waals surface area contributed by atoms with E-state index in [9.17, 15) is 8.42 Å². The maximum Gasteiger partial charge on any atom is 0.229 e. The van der Waals surface area contributed by atoms with Crippen molar-refractivity contribution in [3.05, 3.63) is 34.2 Å². The van der Waals surface area contributed by atoms with Crippen LogP contribution in [0.1, 0.15) is 5.56 Å². The molecule has 0 unspecified atom stereocenters. The second-order valence-corrected chi connectivity index (χ2v) is 4.83. The van der Waals surface area contributed by atoms with Crippen LogP contribution < -0.4 is 4.72 Å². The minimum Gasteiger partial charge on any atom is -0.283 e. The van der Waals surface area contributed by atoms with Gasteiger partial charge in [-0.1, -0.05) is 16.7 Å². The summed E-state index contributed by atoms with van der Waals surface area (Å²) in [6, 6.07) is 4.89. The Kier molecular flexibility index (Phi) is 3.18. The maximum absolute atomic E-state index is 11.0. The van der Waals surface area contributed by atoms with Crippen molar-refractivity contribution in [1.82, 2.24) is 0 Å². The first kappa shape index (κ1) is 11.4. The first-order chi connectivity index (χ1) is 6.92. The number of azide groups is 1. The number of aryl methyl sites for hydroxylation is 1. The average molecular weight is 226 g/mol. The number of nitrogens with one attached hydrogen (secondary N) is 1. The van der Waals surface area contributed by atoms with Crippen molar-refractivity contribution in [2.75, 3.05) is 11.0 Å². The Hall–Kier alpha value is -1.72. The fourth-order valence-corrected chi connectivity index (χ4v) is 1.63. The molecule has 0 aromatic heterocycles. The standard InChI is InChI=1S/C8H10N4O2S/c1-6-3-4-7(11-15(2,13)14)8(5-6)10-12-9/h3-5,11H,1-2H3. The zero-order valence-corrected chi connectivity index (χ0v) is 9.11. The molecule has 0 aliphatic rings. The molecule has 1 aromatic carbocycles. The van der Waals surface area contributed by atoms with Gasteiger partial charge in [-0.05, 0) is 24.6 Å². The molecular formula is C8H10N4O2S. The molecule has 80 valence electrons. The van der Waals surface area contributed by atoms with E-state index in [0.29, 0.717) is 0 Å². The summed E-state index contributed by atoms with van der Waals surface area (Å²) < 4.78 is 24.3. The van der Waals surface area contributed by atoms with E-state index in [1.807, 2.05) is 6.92 Å². The summed E-state index contributed by atoms with van der Waals surface area (Å²) in [5, 5.41) is 3.41. The summed E-state index contributed by atoms with van der Waals surface area (Å²) in [4.78, 5) is 2.63. The molecule has 0 radical (unpaired) electrons. The van der Waals surface area contributed by atoms with E-state index in [1.54, 1.807) is 18.2 Å². The first-order valence-electron chi connectivity index (χ1n) is 4.06. The van der Waals surface area contributed by atoms with Gasteiger partial charge in [0.1, 0.15) is 0 Å². The molecule has 7 heteroatoms. The second kappa shape index (κ2) is 4.20. The van der Waals surface area contributed by atoms with E-state index in [-0.39, 0.29) is 11.4 Å². The van der Waals surface area contributed by atoms with Gasteiger partial charge in [0.15, 0.2) is 0 Å². The molecule has 0 saturated heterocycles. The number of hydrogen-bond acceptors (Lipinski definition) is 3. The van der Waals surface area contributed by atoms with Crippen LogP contribution in [0.2, 0.25) is 0 Å². The lowest BCUT2D eigenvalue weighted by atomic mass is 10.2. The Morgan fingerprint density at radius 3 is 2.67 bits per heavy atom. The highest BCUT2D eigenvalue weighted by atomic mass is 32.2. The van der Waals surface area contributed by atoms with E-state index >= 15 is 0 Å². The third kappa shape index (κ3) is 3.49. The first-order valence-corrected chi connectivity index (χ1v) is 5.95. The van der Waals surface area contributed by atoms with Crippen LogP contribution in [0, 0.1) is 6.92 Å². The largest absolute Gasteiger partial charge is 0.283 e. The topological polar surface area (TPSA) is 94.9 Å². The number of rotatable bonds is 3. The van der Waals surface area contributed by atoms with Crippen LogP contribution in [0.15, 0.2) is 23.3 Å². The number of sulfonamides is 1. The van der Waals surface area contributed by atoms with Gasteiger partial charge >= 0.3 is 0 Å². The van der Waals surface area contributed by atoms with E-state index < -0.39 is 10.0 Å². The van der Waals surface area contributed by atoms with Crippen LogP contribution in [0.4, 0.5) is 11.4 Å². The van der Waals surface area contributed by atoms with Gasteiger partial charge in [0.2, 0.25) is 10.0 Å². The molecule has 0 aliphatic heterocycles. The van der Waals surface area contributed by atoms with Gasteiger partial charge in [-0.25, -0.2) is 8.42 Å². The fraction of sp³-hybridized carbons (Fsp3) is 0.250. The zero-order chi connectivity index (χ0) is 11.5. The van der Waals surface area contributed by atoms with Crippen molar-refractivity contribution in [1.29, 1.82) is 0 Å². The molecule has 0 aliphatic carbocycles. The van der Waals surface area contributed by atoms with Gasteiger partial charge < -0.3 is 0 Å². The lowest BCUT2D eigenvalue weighted by Crippen LogP contribution is -2.09. The zero-order valence-electron chi connectivity index (χ0n) is 8.30. The summed E-state index contributed by atoms with van der Waals surface area (Å²) in [5.74, 6) is 0. The number of benzene rings is 1. The summed E-state index contributed by atoms with van der Waals surface area (Å²) in [6.07, 6.45) is 1.03. The van der Waals surface area contributed by atoms with Gasteiger partial charge in [0, 0.05) is 4.91 Å². The molecule has 1 N–H and O–H groups in total. The monoisotopic (exact) mass is 226 g/mol. The number of anilines is 1. The van der Waals surface area contributed by atoms with Gasteiger partial charge in [-0.2, -0.15) is 0 Å². The molecule has 0 amide bonds. The Morgan fingerprint density at radius 1 is 1.47 bits per heavy atom. The Bertz CT molecular complexity index is 517. The van der Waals surface area contributed by atoms with Crippen LogP contribution in [0.3, 0.4) is 0 Å². The van der Waals surface area contributed by atoms with Crippen molar-refractivity contribution in [2.24, 2.45) is 5.11 Å². The van der Waals surface area contributed by atoms with E-state index in [0.717, 1.165) is 11.8 Å². The van der Waals surface area contributed by atoms with E-state index in [2.05, 4.69) is 14.7 Å². The average Bonchev–Trinajstić information content (AvgIpc) is 2.08. The van der Waals surface area contributed by atoms with Gasteiger partial charge in [0.05, 0.1) is 17.6 Å². The van der Waals surface area contributed by atoms with Crippen LogP contribution in [0.25, 0.3) is 10.4 Å². The van der Waals surface area contributed by atoms with Gasteiger partial charge in [-0.3, -0.25) is 4.72 Å². The minimum atomic E-state index is -3.36. The van der Waals surface area contributed by atoms with E-state index in [4.69, 9.17) is 5.53 Å². The molecule has 0 bridgehead atoms. The smallest absolute Gasteiger partial charge is 0.229 e. The molecule has 1 rings (SSSR count). The Labute approximate surface area is 87.6 Å². The molecule has 0 spiro atoms. The van der Waals surface area contributed by atoms with Gasteiger partial charge in [0.25, 0.3) is 0 Å². The van der Waals surface area contributed by atoms with Crippen LogP contribution >= 0.6 is 0 Å². The van der Waals surface area contributed by atoms with Crippen molar-refractivity contribution < 1.29 is 8.42 Å². The molecule has 0 saturated carbocycles. The van der Waals surface area contributed by atoms with Crippen LogP contribution in [-0.4, -0.2) is 14.7 Å². The lowest BCUT2D eigenvalue weighted by molar-refractivity contribution is 0.607. The minimum absolute atomic E-state index is 0.267. The maximum atomic E-state index is 11.0. The third-order valence-electron chi connectivity index (χ3n) is 1.60. The van der Waals surface area contributed by atoms with Crippen LogP contribution in [-0.2, 0) is 10.0 Å². The third-order valence-corrected chi connectivity index (χ3v) is 2.19. The highest BCUT2D eigenvalue weighted by molar-refractivity contribution is 7.92. The summed E-state index contributed by atoms with van der Waals surface area (Å²) in [5.41, 5.74) is 9.75. The van der Waals surface area contributed by atoms with Crippen LogP contribution in [0.5, 0.6) is 0 Å². The molecule has 6 nitrogen and oxygen atoms in total. The molecule has 1 aromatic rings. The summed E-state index contributed by atoms with van der Waals surface area (Å²) in [7, 11) is -3.36. The predicted octanol–water partition coefficient (Wildman–Crippen LogP) is 2.31. The van der Waals surface area contributed by atoms with Crippen molar-refractivity contribution in [3.8, 4) is 0 Å². The molecule has 0 fully saturated rings. The lowest BCUT2D eigenvalue weighted by Gasteiger charge is -2.07. The molecule has 0 heterocycles. The number of nitrogens with zero attached hydrogens (tertiary/aromatic N) is 3. The molecular weight excluding hydrogens is 216 g/mol. The van der Waals surface area contributed by atoms with Gasteiger partial charge in [-0.15, -0.1) is 0 Å². The Balaban J connectivity index is 3.23. The highest BCUT2D eigenvalue weighted by Gasteiger charge is 2.06. The van der Waals surface area contributed by atoms with Crippen molar-refractivity contribution >= 4 is 21.4 Å². The number of hydrogen-bond donors (Lipinski definition) is 1. The predicted molar refractivity (Wildman–Crippen MR) is 58.5 cm³/mol. The van der Waals surface area contributed by atoms with Crippen molar-refractivity contribution in [3.63, 3.8) is 0 Å². The highest BCUT2D eigenvalue weighted by Crippen LogP contribution is 2.26. The Morgan fingerprint density at radius 2 is 2.13 bits per heavy atom. The summed E-state index contributed by atoms with van der Waals surface area (Å²) >= 11 is 0. The van der Waals surface area contributed by atoms with E-state index in [1.165, 1.54) is 0 Å². The fourth-order valence-electron chi connectivity index (χ4n) is 1.06. The SMILES string of the molecule is Cc1ccc(NS(C)(=O)=O)c(N=[N+]=[N-])c1.